The largest absolute Gasteiger partial charge is 0.497 e. The summed E-state index contributed by atoms with van der Waals surface area (Å²) in [5, 5.41) is 4.92. The van der Waals surface area contributed by atoms with E-state index >= 15 is 0 Å². The first-order valence-electron chi connectivity index (χ1n) is 19.3. The molecule has 0 saturated carbocycles. The van der Waals surface area contributed by atoms with Crippen LogP contribution in [0.5, 0.6) is 5.75 Å². The molecular weight excluding hydrogens is 683 g/mol. The van der Waals surface area contributed by atoms with Gasteiger partial charge in [0.15, 0.2) is 0 Å². The highest BCUT2D eigenvalue weighted by Crippen LogP contribution is 2.50. The Hall–Kier alpha value is -7.04. The monoisotopic (exact) mass is 721 g/mol. The van der Waals surface area contributed by atoms with Gasteiger partial charge in [-0.25, -0.2) is 0 Å². The van der Waals surface area contributed by atoms with Crippen LogP contribution < -0.4 is 9.64 Å². The third-order valence-electron chi connectivity index (χ3n) is 12.0. The fourth-order valence-electron chi connectivity index (χ4n) is 9.41. The van der Waals surface area contributed by atoms with Gasteiger partial charge in [-0.2, -0.15) is 0 Å². The molecule has 4 heteroatoms. The number of hydrogen-bond donors (Lipinski definition) is 0. The van der Waals surface area contributed by atoms with Crippen LogP contribution in [0.1, 0.15) is 25.0 Å². The van der Waals surface area contributed by atoms with Crippen LogP contribution >= 0.6 is 0 Å². The van der Waals surface area contributed by atoms with Crippen LogP contribution in [-0.4, -0.2) is 16.2 Å². The Kier molecular flexibility index (Phi) is 7.08. The highest BCUT2D eigenvalue weighted by molar-refractivity contribution is 6.16. The minimum Gasteiger partial charge on any atom is -0.497 e. The summed E-state index contributed by atoms with van der Waals surface area (Å²) in [7, 11) is 1.72. The minimum atomic E-state index is -0.0948. The van der Waals surface area contributed by atoms with Crippen molar-refractivity contribution in [2.45, 2.75) is 19.3 Å². The van der Waals surface area contributed by atoms with E-state index in [0.717, 1.165) is 34.0 Å². The lowest BCUT2D eigenvalue weighted by atomic mass is 9.82. The Labute approximate surface area is 326 Å². The summed E-state index contributed by atoms with van der Waals surface area (Å²) in [5.41, 5.74) is 15.6. The van der Waals surface area contributed by atoms with Crippen LogP contribution in [0.4, 0.5) is 17.1 Å². The maximum atomic E-state index is 5.61. The van der Waals surface area contributed by atoms with Gasteiger partial charge in [0.05, 0.1) is 34.9 Å². The standard InChI is InChI=1S/C52H39N3O/c1-52(2)44-17-8-4-13-39(44)40-32-29-37(33-45(40)52)55-48-20-11-7-16-43(48)51-49(21-12-22-50(51)55)53(35-27-30-38(56-3)31-28-35)34-23-25-36(26-24-34)54-46-18-9-5-14-41(46)42-15-6-10-19-47(42)54/h4-33H,1-3H3. The summed E-state index contributed by atoms with van der Waals surface area (Å²) in [6.07, 6.45) is 0. The highest BCUT2D eigenvalue weighted by Gasteiger charge is 2.35. The molecule has 0 saturated heterocycles. The van der Waals surface area contributed by atoms with Gasteiger partial charge in [0, 0.05) is 49.7 Å². The normalized spacial score (nSPS) is 13.1. The number of aromatic nitrogens is 2. The molecule has 10 aromatic rings. The second-order valence-corrected chi connectivity index (χ2v) is 15.3. The summed E-state index contributed by atoms with van der Waals surface area (Å²) in [6, 6.07) is 66.2. The van der Waals surface area contributed by atoms with E-state index in [0.29, 0.717) is 0 Å². The summed E-state index contributed by atoms with van der Waals surface area (Å²) >= 11 is 0. The number of para-hydroxylation sites is 3. The van der Waals surface area contributed by atoms with Crippen molar-refractivity contribution in [3.05, 3.63) is 193 Å². The van der Waals surface area contributed by atoms with Crippen molar-refractivity contribution >= 4 is 60.7 Å². The van der Waals surface area contributed by atoms with Crippen molar-refractivity contribution in [2.75, 3.05) is 12.0 Å². The van der Waals surface area contributed by atoms with Crippen LogP contribution in [0.2, 0.25) is 0 Å². The number of rotatable bonds is 6. The van der Waals surface area contributed by atoms with E-state index in [9.17, 15) is 0 Å². The van der Waals surface area contributed by atoms with Crippen molar-refractivity contribution in [3.63, 3.8) is 0 Å². The van der Waals surface area contributed by atoms with Gasteiger partial charge in [0.1, 0.15) is 5.75 Å². The second kappa shape index (κ2) is 12.2. The molecule has 0 radical (unpaired) electrons. The van der Waals surface area contributed by atoms with Crippen molar-refractivity contribution in [1.82, 2.24) is 9.13 Å². The van der Waals surface area contributed by atoms with E-state index in [1.165, 1.54) is 66.0 Å². The molecule has 4 nitrogen and oxygen atoms in total. The first kappa shape index (κ1) is 32.4. The van der Waals surface area contributed by atoms with Crippen LogP contribution in [0.3, 0.4) is 0 Å². The lowest BCUT2D eigenvalue weighted by Gasteiger charge is -2.27. The average molecular weight is 722 g/mol. The van der Waals surface area contributed by atoms with E-state index < -0.39 is 0 Å². The van der Waals surface area contributed by atoms with E-state index in [1.54, 1.807) is 7.11 Å². The van der Waals surface area contributed by atoms with Gasteiger partial charge in [0.25, 0.3) is 0 Å². The maximum Gasteiger partial charge on any atom is 0.119 e. The lowest BCUT2D eigenvalue weighted by Crippen LogP contribution is -2.15. The van der Waals surface area contributed by atoms with Crippen LogP contribution in [0.25, 0.3) is 66.1 Å². The first-order chi connectivity index (χ1) is 27.5. The van der Waals surface area contributed by atoms with Crippen molar-refractivity contribution in [2.24, 2.45) is 0 Å². The molecule has 0 spiro atoms. The Morgan fingerprint density at radius 2 is 0.964 bits per heavy atom. The summed E-state index contributed by atoms with van der Waals surface area (Å²) in [5.74, 6) is 0.826. The first-order valence-corrected chi connectivity index (χ1v) is 19.3. The predicted molar refractivity (Wildman–Crippen MR) is 234 cm³/mol. The van der Waals surface area contributed by atoms with Crippen LogP contribution in [-0.2, 0) is 5.41 Å². The molecule has 0 amide bonds. The topological polar surface area (TPSA) is 22.3 Å². The van der Waals surface area contributed by atoms with Crippen LogP contribution in [0, 0.1) is 0 Å². The van der Waals surface area contributed by atoms with E-state index in [1.807, 2.05) is 12.1 Å². The molecule has 1 aliphatic carbocycles. The molecule has 2 aromatic heterocycles. The fraction of sp³-hybridized carbons (Fsp3) is 0.0769. The molecule has 0 atom stereocenters. The summed E-state index contributed by atoms with van der Waals surface area (Å²) in [6.45, 7) is 4.70. The maximum absolute atomic E-state index is 5.61. The molecule has 2 heterocycles. The van der Waals surface area contributed by atoms with E-state index in [4.69, 9.17) is 4.74 Å². The Morgan fingerprint density at radius 3 is 1.64 bits per heavy atom. The van der Waals surface area contributed by atoms with Gasteiger partial charge in [-0.3, -0.25) is 0 Å². The van der Waals surface area contributed by atoms with Gasteiger partial charge >= 0.3 is 0 Å². The lowest BCUT2D eigenvalue weighted by molar-refractivity contribution is 0.415. The summed E-state index contributed by atoms with van der Waals surface area (Å²) < 4.78 is 10.4. The SMILES string of the molecule is COc1ccc(N(c2ccc(-n3c4ccccc4c4ccccc43)cc2)c2cccc3c2c2ccccc2n3-c2ccc3c(c2)C(C)(C)c2ccccc2-3)cc1. The molecule has 1 aliphatic rings. The molecule has 0 fully saturated rings. The number of ether oxygens (including phenoxy) is 1. The molecule has 0 unspecified atom stereocenters. The number of benzene rings is 8. The minimum absolute atomic E-state index is 0.0948. The number of nitrogens with zero attached hydrogens (tertiary/aromatic N) is 3. The smallest absolute Gasteiger partial charge is 0.119 e. The van der Waals surface area contributed by atoms with E-state index in [2.05, 4.69) is 198 Å². The van der Waals surface area contributed by atoms with Gasteiger partial charge in [-0.1, -0.05) is 105 Å². The Balaban J connectivity index is 1.11. The van der Waals surface area contributed by atoms with Crippen molar-refractivity contribution in [3.8, 4) is 28.3 Å². The zero-order chi connectivity index (χ0) is 37.5. The van der Waals surface area contributed by atoms with Gasteiger partial charge in [-0.05, 0) is 113 Å². The highest BCUT2D eigenvalue weighted by atomic mass is 16.5. The number of anilines is 3. The number of methoxy groups -OCH3 is 1. The third kappa shape index (κ3) is 4.66. The molecule has 268 valence electrons. The molecule has 11 rings (SSSR count). The van der Waals surface area contributed by atoms with Crippen molar-refractivity contribution < 1.29 is 4.74 Å². The molecule has 0 N–H and O–H groups in total. The van der Waals surface area contributed by atoms with Gasteiger partial charge in [0.2, 0.25) is 0 Å². The van der Waals surface area contributed by atoms with Gasteiger partial charge in [-0.15, -0.1) is 0 Å². The zero-order valence-corrected chi connectivity index (χ0v) is 31.6. The number of fused-ring (bicyclic) bond motifs is 9. The Bertz CT molecular complexity index is 3090. The van der Waals surface area contributed by atoms with Crippen molar-refractivity contribution in [1.29, 1.82) is 0 Å². The Morgan fingerprint density at radius 1 is 0.446 bits per heavy atom. The quantitative estimate of drug-likeness (QED) is 0.171. The molecule has 56 heavy (non-hydrogen) atoms. The number of hydrogen-bond acceptors (Lipinski definition) is 2. The van der Waals surface area contributed by atoms with Gasteiger partial charge < -0.3 is 18.8 Å². The predicted octanol–water partition coefficient (Wildman–Crippen LogP) is 13.7. The molecule has 0 bridgehead atoms. The summed E-state index contributed by atoms with van der Waals surface area (Å²) in [4.78, 5) is 2.39. The molecule has 0 aliphatic heterocycles. The fourth-order valence-corrected chi connectivity index (χ4v) is 9.41. The second-order valence-electron chi connectivity index (χ2n) is 15.3. The van der Waals surface area contributed by atoms with E-state index in [-0.39, 0.29) is 5.41 Å². The average Bonchev–Trinajstić information content (AvgIpc) is 3.85. The third-order valence-corrected chi connectivity index (χ3v) is 12.0. The van der Waals surface area contributed by atoms with Crippen LogP contribution in [0.15, 0.2) is 182 Å². The molecular formula is C52H39N3O. The molecule has 8 aromatic carbocycles. The zero-order valence-electron chi connectivity index (χ0n) is 31.6.